The second-order valence-corrected chi connectivity index (χ2v) is 19.1. The molecule has 4 N–H and O–H groups in total. The number of hydrogen-bond donors (Lipinski definition) is 4. The molecule has 4 aliphatic rings. The van der Waals surface area contributed by atoms with E-state index in [-0.39, 0.29) is 58.4 Å². The third kappa shape index (κ3) is 9.33. The predicted molar refractivity (Wildman–Crippen MR) is 196 cm³/mol. The lowest BCUT2D eigenvalue weighted by Crippen LogP contribution is -2.63. The molecule has 0 radical (unpaired) electrons. The van der Waals surface area contributed by atoms with Gasteiger partial charge in [0.05, 0.1) is 12.1 Å². The van der Waals surface area contributed by atoms with Crippen LogP contribution in [0.5, 0.6) is 0 Å². The fourth-order valence-electron chi connectivity index (χ4n) is 8.04. The Kier molecular flexibility index (Phi) is 11.8. The van der Waals surface area contributed by atoms with Crippen molar-refractivity contribution in [3.8, 4) is 0 Å². The van der Waals surface area contributed by atoms with Crippen LogP contribution in [0.2, 0.25) is 0 Å². The summed E-state index contributed by atoms with van der Waals surface area (Å²) < 4.78 is 0. The van der Waals surface area contributed by atoms with Crippen LogP contribution in [-0.4, -0.2) is 95.6 Å². The number of carbonyl (C=O) groups is 6. The van der Waals surface area contributed by atoms with Crippen LogP contribution in [0.1, 0.15) is 108 Å². The van der Waals surface area contributed by atoms with E-state index in [2.05, 4.69) is 55.5 Å². The molecule has 2 saturated carbocycles. The normalized spacial score (nSPS) is 25.8. The topological polar surface area (TPSA) is 157 Å². The number of urea groups is 1. The molecule has 12 nitrogen and oxygen atoms in total. The van der Waals surface area contributed by atoms with E-state index in [1.807, 2.05) is 46.4 Å². The number of nitrogens with one attached hydrogen (secondary N) is 4. The molecule has 0 spiro atoms. The van der Waals surface area contributed by atoms with E-state index in [1.54, 1.807) is 4.90 Å². The van der Waals surface area contributed by atoms with Gasteiger partial charge in [-0.1, -0.05) is 94.6 Å². The number of piperidine rings is 2. The van der Waals surface area contributed by atoms with Crippen LogP contribution >= 0.6 is 0 Å². The predicted octanol–water partition coefficient (Wildman–Crippen LogP) is 3.79. The first-order chi connectivity index (χ1) is 23.5. The minimum absolute atomic E-state index is 0.0525. The van der Waals surface area contributed by atoms with Crippen LogP contribution in [0.4, 0.5) is 4.79 Å². The summed E-state index contributed by atoms with van der Waals surface area (Å²) in [4.78, 5) is 84.8. The summed E-state index contributed by atoms with van der Waals surface area (Å²) in [5, 5.41) is 11.5. The van der Waals surface area contributed by atoms with E-state index in [0.717, 1.165) is 25.7 Å². The van der Waals surface area contributed by atoms with Crippen LogP contribution in [0.3, 0.4) is 0 Å². The van der Waals surface area contributed by atoms with Gasteiger partial charge in [0.15, 0.2) is 0 Å². The third-order valence-electron chi connectivity index (χ3n) is 12.0. The van der Waals surface area contributed by atoms with Crippen molar-refractivity contribution in [1.82, 2.24) is 31.1 Å². The van der Waals surface area contributed by atoms with Gasteiger partial charge in [-0.05, 0) is 52.3 Å². The molecule has 51 heavy (non-hydrogen) atoms. The molecule has 4 rings (SSSR count). The van der Waals surface area contributed by atoms with E-state index in [9.17, 15) is 28.8 Å². The fourth-order valence-corrected chi connectivity index (χ4v) is 8.04. The van der Waals surface area contributed by atoms with Gasteiger partial charge < -0.3 is 31.1 Å². The first kappa shape index (κ1) is 40.3. The monoisotopic (exact) mass is 712 g/mol. The Hall–Kier alpha value is -3.44. The molecule has 6 amide bonds. The van der Waals surface area contributed by atoms with E-state index in [4.69, 9.17) is 0 Å². The maximum Gasteiger partial charge on any atom is 0.315 e. The van der Waals surface area contributed by atoms with Crippen LogP contribution in [0.15, 0.2) is 12.7 Å². The lowest BCUT2D eigenvalue weighted by atomic mass is 9.80. The zero-order valence-electron chi connectivity index (χ0n) is 32.7. The number of Topliss-reactive ketones (excluding diaryl/α,β-unsaturated/α-hetero) is 1. The van der Waals surface area contributed by atoms with E-state index >= 15 is 0 Å². The number of amides is 6. The minimum atomic E-state index is -1.00. The largest absolute Gasteiger partial charge is 0.346 e. The average Bonchev–Trinajstić information content (AvgIpc) is 3.30. The molecule has 0 bridgehead atoms. The van der Waals surface area contributed by atoms with Crippen molar-refractivity contribution in [2.75, 3.05) is 26.2 Å². The lowest BCUT2D eigenvalue weighted by Gasteiger charge is -2.41. The molecule has 2 saturated heterocycles. The van der Waals surface area contributed by atoms with Crippen LogP contribution < -0.4 is 21.3 Å². The Morgan fingerprint density at radius 2 is 1.61 bits per heavy atom. The molecule has 2 heterocycles. The highest BCUT2D eigenvalue weighted by atomic mass is 16.2. The first-order valence-electron chi connectivity index (χ1n) is 18.9. The summed E-state index contributed by atoms with van der Waals surface area (Å²) in [7, 11) is 0. The minimum Gasteiger partial charge on any atom is -0.346 e. The number of nitrogens with zero attached hydrogens (tertiary/aromatic N) is 2. The smallest absolute Gasteiger partial charge is 0.315 e. The maximum atomic E-state index is 14.5. The van der Waals surface area contributed by atoms with Gasteiger partial charge in [0.2, 0.25) is 23.5 Å². The van der Waals surface area contributed by atoms with Crippen molar-refractivity contribution in [2.45, 2.75) is 132 Å². The Morgan fingerprint density at radius 1 is 0.961 bits per heavy atom. The SMILES string of the molecule is C=CCNC(=O)C(=O)C(CC1CCC1)NC(=O)[C@@H]1[C@@H]2[C@H](CN1C(=O)[C@@H](NC(=O)N[C@@H](CN1CCC(C)(C)CC1=O)C(C)(C)C)C(C)(C)C)C2(C)C. The van der Waals surface area contributed by atoms with Crippen molar-refractivity contribution in [3.05, 3.63) is 12.7 Å². The summed E-state index contributed by atoms with van der Waals surface area (Å²) in [5.74, 6) is -2.02. The Morgan fingerprint density at radius 3 is 2.14 bits per heavy atom. The van der Waals surface area contributed by atoms with Crippen molar-refractivity contribution < 1.29 is 28.8 Å². The summed E-state index contributed by atoms with van der Waals surface area (Å²) >= 11 is 0. The third-order valence-corrected chi connectivity index (χ3v) is 12.0. The highest BCUT2D eigenvalue weighted by Crippen LogP contribution is 2.65. The average molecular weight is 713 g/mol. The van der Waals surface area contributed by atoms with Gasteiger partial charge in [0.1, 0.15) is 12.1 Å². The van der Waals surface area contributed by atoms with Gasteiger partial charge in [-0.2, -0.15) is 0 Å². The molecule has 0 aromatic rings. The van der Waals surface area contributed by atoms with Gasteiger partial charge in [-0.3, -0.25) is 24.0 Å². The molecular weight excluding hydrogens is 648 g/mol. The fraction of sp³-hybridized carbons (Fsp3) is 0.795. The van der Waals surface area contributed by atoms with Gasteiger partial charge in [-0.25, -0.2) is 4.79 Å². The Bertz CT molecular complexity index is 1390. The lowest BCUT2D eigenvalue weighted by molar-refractivity contribution is -0.145. The van der Waals surface area contributed by atoms with Crippen LogP contribution in [0.25, 0.3) is 0 Å². The number of rotatable bonds is 13. The number of likely N-dealkylation sites (tertiary alicyclic amines) is 2. The number of hydrogen-bond acceptors (Lipinski definition) is 6. The standard InChI is InChI=1S/C39H64N6O6/c1-12-17-40-33(49)30(47)25(19-23-14-13-15-23)41-32(48)29-28-24(39(28,10)11)21-45(29)34(50)31(37(5,6)7)43-35(51)42-26(36(2,3)4)22-44-18-16-38(8,9)20-27(44)46/h12,23-26,28-29,31H,1,13-22H2,2-11H3,(H,40,49)(H,41,48)(H2,42,43,51)/t24-,25?,26-,28-,29-,31+/m0/s1. The second kappa shape index (κ2) is 14.9. The molecule has 4 fully saturated rings. The molecule has 12 heteroatoms. The molecular formula is C39H64N6O6. The zero-order chi connectivity index (χ0) is 38.3. The molecule has 0 aromatic carbocycles. The molecule has 6 atom stereocenters. The van der Waals surface area contributed by atoms with Crippen molar-refractivity contribution >= 4 is 35.4 Å². The maximum absolute atomic E-state index is 14.5. The summed E-state index contributed by atoms with van der Waals surface area (Å²) in [6.07, 6.45) is 6.10. The number of fused-ring (bicyclic) bond motifs is 1. The zero-order valence-corrected chi connectivity index (χ0v) is 32.7. The Labute approximate surface area is 305 Å². The van der Waals surface area contributed by atoms with Gasteiger partial charge in [0.25, 0.3) is 5.91 Å². The van der Waals surface area contributed by atoms with Crippen molar-refractivity contribution in [1.29, 1.82) is 0 Å². The highest BCUT2D eigenvalue weighted by Gasteiger charge is 2.70. The molecule has 0 aromatic heterocycles. The second-order valence-electron chi connectivity index (χ2n) is 19.1. The molecule has 286 valence electrons. The molecule has 2 aliphatic carbocycles. The summed E-state index contributed by atoms with van der Waals surface area (Å²) in [6, 6.07) is -3.72. The quantitative estimate of drug-likeness (QED) is 0.168. The summed E-state index contributed by atoms with van der Waals surface area (Å²) in [6.45, 7) is 25.0. The molecule has 2 aliphatic heterocycles. The van der Waals surface area contributed by atoms with E-state index in [0.29, 0.717) is 32.5 Å². The summed E-state index contributed by atoms with van der Waals surface area (Å²) in [5.41, 5.74) is -1.33. The van der Waals surface area contributed by atoms with Gasteiger partial charge in [0, 0.05) is 32.6 Å². The van der Waals surface area contributed by atoms with E-state index in [1.165, 1.54) is 6.08 Å². The highest BCUT2D eigenvalue weighted by molar-refractivity contribution is 6.38. The van der Waals surface area contributed by atoms with Crippen LogP contribution in [0, 0.1) is 39.4 Å². The number of ketones is 1. The molecule has 1 unspecified atom stereocenters. The Balaban J connectivity index is 1.51. The van der Waals surface area contributed by atoms with E-state index < -0.39 is 47.2 Å². The van der Waals surface area contributed by atoms with Crippen molar-refractivity contribution in [3.63, 3.8) is 0 Å². The number of carbonyl (C=O) groups excluding carboxylic acids is 6. The van der Waals surface area contributed by atoms with Gasteiger partial charge >= 0.3 is 6.03 Å². The van der Waals surface area contributed by atoms with Crippen molar-refractivity contribution in [2.24, 2.45) is 39.4 Å². The van der Waals surface area contributed by atoms with Gasteiger partial charge in [-0.15, -0.1) is 6.58 Å². The first-order valence-corrected chi connectivity index (χ1v) is 18.9. The van der Waals surface area contributed by atoms with Crippen LogP contribution in [-0.2, 0) is 24.0 Å².